The van der Waals surface area contributed by atoms with Gasteiger partial charge in [0.2, 0.25) is 5.75 Å². The first-order valence-corrected chi connectivity index (χ1v) is 9.26. The molecule has 1 atom stereocenters. The number of ether oxygens (including phenoxy) is 1. The van der Waals surface area contributed by atoms with Crippen LogP contribution in [0.1, 0.15) is 18.9 Å². The quantitative estimate of drug-likeness (QED) is 0.641. The summed E-state index contributed by atoms with van der Waals surface area (Å²) in [5.41, 5.74) is 2.91. The molecule has 0 amide bonds. The molecule has 1 aliphatic heterocycles. The third kappa shape index (κ3) is 3.02. The molecule has 7 nitrogen and oxygen atoms in total. The lowest BCUT2D eigenvalue weighted by Gasteiger charge is -2.17. The lowest BCUT2D eigenvalue weighted by Crippen LogP contribution is -2.22. The molecule has 4 rings (SSSR count). The lowest BCUT2D eigenvalue weighted by molar-refractivity contribution is 0.218. The van der Waals surface area contributed by atoms with E-state index >= 15 is 0 Å². The van der Waals surface area contributed by atoms with Crippen LogP contribution in [0.3, 0.4) is 0 Å². The van der Waals surface area contributed by atoms with Crippen LogP contribution in [0.5, 0.6) is 5.75 Å². The van der Waals surface area contributed by atoms with Crippen LogP contribution in [0.25, 0.3) is 10.9 Å². The van der Waals surface area contributed by atoms with Gasteiger partial charge in [0, 0.05) is 37.3 Å². The monoisotopic (exact) mass is 395 g/mol. The Morgan fingerprint density at radius 2 is 2.25 bits per heavy atom. The molecule has 8 heteroatoms. The normalized spacial score (nSPS) is 15.7. The predicted molar refractivity (Wildman–Crippen MR) is 110 cm³/mol. The van der Waals surface area contributed by atoms with E-state index in [0.29, 0.717) is 23.7 Å². The van der Waals surface area contributed by atoms with E-state index in [1.54, 1.807) is 23.9 Å². The maximum Gasteiger partial charge on any atom is 0.295 e. The van der Waals surface area contributed by atoms with Crippen LogP contribution in [-0.4, -0.2) is 22.2 Å². The van der Waals surface area contributed by atoms with Gasteiger partial charge < -0.3 is 19.9 Å². The zero-order chi connectivity index (χ0) is 19.8. The first-order valence-electron chi connectivity index (χ1n) is 8.88. The summed E-state index contributed by atoms with van der Waals surface area (Å²) in [6.45, 7) is 2.67. The first-order chi connectivity index (χ1) is 13.5. The summed E-state index contributed by atoms with van der Waals surface area (Å²) in [6.07, 6.45) is 2.30. The number of fused-ring (bicyclic) bond motifs is 3. The van der Waals surface area contributed by atoms with Crippen molar-refractivity contribution in [3.63, 3.8) is 0 Å². The highest BCUT2D eigenvalue weighted by Crippen LogP contribution is 2.35. The number of anilines is 3. The number of hydrogen-bond acceptors (Lipinski definition) is 6. The third-order valence-corrected chi connectivity index (χ3v) is 5.11. The van der Waals surface area contributed by atoms with Gasteiger partial charge in [-0.2, -0.15) is 5.26 Å². The molecule has 0 spiro atoms. The van der Waals surface area contributed by atoms with Gasteiger partial charge in [-0.15, -0.1) is 0 Å². The van der Waals surface area contributed by atoms with Crippen LogP contribution in [-0.2, 0) is 7.05 Å². The largest absolute Gasteiger partial charge is 0.483 e. The molecule has 142 valence electrons. The van der Waals surface area contributed by atoms with Crippen LogP contribution >= 0.6 is 11.6 Å². The van der Waals surface area contributed by atoms with E-state index in [9.17, 15) is 10.1 Å². The Morgan fingerprint density at radius 3 is 3.04 bits per heavy atom. The molecular weight excluding hydrogens is 378 g/mol. The van der Waals surface area contributed by atoms with Crippen molar-refractivity contribution in [1.29, 1.82) is 5.26 Å². The third-order valence-electron chi connectivity index (χ3n) is 4.82. The van der Waals surface area contributed by atoms with Gasteiger partial charge >= 0.3 is 0 Å². The Balaban J connectivity index is 1.87. The number of aromatic nitrogens is 2. The molecule has 0 fully saturated rings. The number of nitrogens with one attached hydrogen (secondary N) is 2. The zero-order valence-electron chi connectivity index (χ0n) is 15.4. The van der Waals surface area contributed by atoms with Gasteiger partial charge in [-0.3, -0.25) is 4.79 Å². The van der Waals surface area contributed by atoms with Gasteiger partial charge in [0.15, 0.2) is 0 Å². The highest BCUT2D eigenvalue weighted by atomic mass is 35.5. The van der Waals surface area contributed by atoms with E-state index in [-0.39, 0.29) is 22.4 Å². The maximum atomic E-state index is 12.7. The molecule has 28 heavy (non-hydrogen) atoms. The minimum Gasteiger partial charge on any atom is -0.483 e. The Labute approximate surface area is 166 Å². The fraction of sp³-hybridized carbons (Fsp3) is 0.250. The Bertz CT molecular complexity index is 1180. The molecule has 0 saturated heterocycles. The number of pyridine rings is 2. The summed E-state index contributed by atoms with van der Waals surface area (Å²) in [4.78, 5) is 16.7. The molecule has 1 unspecified atom stereocenters. The average molecular weight is 396 g/mol. The number of rotatable bonds is 2. The topological polar surface area (TPSA) is 92.0 Å². The van der Waals surface area contributed by atoms with Crippen LogP contribution < -0.4 is 20.9 Å². The number of nitrogens with zero attached hydrogens (tertiary/aromatic N) is 3. The Hall–Kier alpha value is -3.24. The molecule has 2 N–H and O–H groups in total. The van der Waals surface area contributed by atoms with Crippen LogP contribution in [0, 0.1) is 11.3 Å². The van der Waals surface area contributed by atoms with E-state index in [1.165, 1.54) is 0 Å². The second-order valence-electron chi connectivity index (χ2n) is 6.71. The van der Waals surface area contributed by atoms with Crippen molar-refractivity contribution in [3.8, 4) is 11.8 Å². The molecule has 1 aliphatic rings. The molecule has 1 aromatic carbocycles. The Morgan fingerprint density at radius 1 is 1.43 bits per heavy atom. The number of aryl methyl sites for hydroxylation is 1. The summed E-state index contributed by atoms with van der Waals surface area (Å²) in [6, 6.07) is 9.40. The standard InChI is InChI=1S/C20H18ClN5O2/c1-11-5-7-23-17-13-9-12(25-15-6-8-24-19(21)14(15)10-22)3-4-16(13)26(2)20(27)18(17)28-11/h3-4,6,8-9,11,23H,5,7H2,1-2H3,(H,24,25). The summed E-state index contributed by atoms with van der Waals surface area (Å²) in [5, 5.41) is 16.9. The van der Waals surface area contributed by atoms with Crippen molar-refractivity contribution < 1.29 is 4.74 Å². The van der Waals surface area contributed by atoms with Crippen molar-refractivity contribution in [1.82, 2.24) is 9.55 Å². The molecule has 3 heterocycles. The molecule has 3 aromatic rings. The van der Waals surface area contributed by atoms with Gasteiger partial charge in [0.25, 0.3) is 5.56 Å². The van der Waals surface area contributed by atoms with E-state index < -0.39 is 0 Å². The zero-order valence-corrected chi connectivity index (χ0v) is 16.2. The molecule has 0 saturated carbocycles. The fourth-order valence-electron chi connectivity index (χ4n) is 3.35. The van der Waals surface area contributed by atoms with Crippen molar-refractivity contribution in [2.45, 2.75) is 19.4 Å². The predicted octanol–water partition coefficient (Wildman–Crippen LogP) is 3.79. The van der Waals surface area contributed by atoms with E-state index in [4.69, 9.17) is 16.3 Å². The highest BCUT2D eigenvalue weighted by molar-refractivity contribution is 6.31. The maximum absolute atomic E-state index is 12.7. The highest BCUT2D eigenvalue weighted by Gasteiger charge is 2.22. The molecule has 0 aliphatic carbocycles. The lowest BCUT2D eigenvalue weighted by atomic mass is 10.1. The minimum atomic E-state index is -0.169. The fourth-order valence-corrected chi connectivity index (χ4v) is 3.55. The summed E-state index contributed by atoms with van der Waals surface area (Å²) in [7, 11) is 1.73. The van der Waals surface area contributed by atoms with Crippen LogP contribution in [0.2, 0.25) is 5.15 Å². The van der Waals surface area contributed by atoms with Crippen LogP contribution in [0.4, 0.5) is 17.1 Å². The number of halogens is 1. The van der Waals surface area contributed by atoms with Crippen molar-refractivity contribution in [2.24, 2.45) is 7.05 Å². The van der Waals surface area contributed by atoms with Gasteiger partial charge in [-0.25, -0.2) is 4.98 Å². The van der Waals surface area contributed by atoms with Crippen LogP contribution in [0.15, 0.2) is 35.3 Å². The van der Waals surface area contributed by atoms with E-state index in [1.807, 2.05) is 25.1 Å². The van der Waals surface area contributed by atoms with Crippen molar-refractivity contribution in [2.75, 3.05) is 17.2 Å². The Kier molecular flexibility index (Phi) is 4.57. The first kappa shape index (κ1) is 18.1. The van der Waals surface area contributed by atoms with Gasteiger partial charge in [-0.05, 0) is 31.2 Å². The second kappa shape index (κ2) is 7.06. The van der Waals surface area contributed by atoms with Gasteiger partial charge in [0.05, 0.1) is 23.0 Å². The number of nitriles is 1. The summed E-state index contributed by atoms with van der Waals surface area (Å²) < 4.78 is 7.49. The molecule has 2 aromatic heterocycles. The number of hydrogen-bond donors (Lipinski definition) is 2. The second-order valence-corrected chi connectivity index (χ2v) is 7.06. The van der Waals surface area contributed by atoms with Gasteiger partial charge in [0.1, 0.15) is 16.8 Å². The smallest absolute Gasteiger partial charge is 0.295 e. The molecular formula is C20H18ClN5O2. The van der Waals surface area contributed by atoms with Crippen molar-refractivity contribution >= 4 is 39.6 Å². The number of benzene rings is 1. The average Bonchev–Trinajstić information content (AvgIpc) is 2.88. The molecule has 0 radical (unpaired) electrons. The molecule has 0 bridgehead atoms. The van der Waals surface area contributed by atoms with E-state index in [0.717, 1.165) is 23.0 Å². The van der Waals surface area contributed by atoms with Gasteiger partial charge in [-0.1, -0.05) is 11.6 Å². The SMILES string of the molecule is CC1CCNc2c(c(=O)n(C)c3ccc(Nc4ccnc(Cl)c4C#N)cc23)O1. The van der Waals surface area contributed by atoms with E-state index in [2.05, 4.69) is 21.7 Å². The van der Waals surface area contributed by atoms with Crippen molar-refractivity contribution in [3.05, 3.63) is 51.5 Å². The minimum absolute atomic E-state index is 0.0441. The summed E-state index contributed by atoms with van der Waals surface area (Å²) >= 11 is 6.02. The summed E-state index contributed by atoms with van der Waals surface area (Å²) in [5.74, 6) is 0.335.